The lowest BCUT2D eigenvalue weighted by molar-refractivity contribution is -0.138. The minimum absolute atomic E-state index is 0.0894. The molecule has 0 fully saturated rings. The van der Waals surface area contributed by atoms with Gasteiger partial charge in [-0.1, -0.05) is 41.9 Å². The third kappa shape index (κ3) is 5.34. The van der Waals surface area contributed by atoms with Crippen molar-refractivity contribution in [2.75, 3.05) is 9.62 Å². The van der Waals surface area contributed by atoms with Crippen LogP contribution in [0.25, 0.3) is 0 Å². The smallest absolute Gasteiger partial charge is 0.352 e. The Morgan fingerprint density at radius 3 is 2.42 bits per heavy atom. The van der Waals surface area contributed by atoms with Crippen molar-refractivity contribution in [1.82, 2.24) is 5.32 Å². The monoisotopic (exact) mass is 565 g/mol. The molecule has 0 bridgehead atoms. The number of para-hydroxylation sites is 2. The van der Waals surface area contributed by atoms with Crippen molar-refractivity contribution in [2.45, 2.75) is 43.9 Å². The van der Waals surface area contributed by atoms with Gasteiger partial charge in [0.2, 0.25) is 11.8 Å². The lowest BCUT2D eigenvalue weighted by atomic mass is 10.1. The maximum Gasteiger partial charge on any atom is 0.416 e. The Morgan fingerprint density at radius 1 is 1.05 bits per heavy atom. The highest BCUT2D eigenvalue weighted by Gasteiger charge is 2.42. The molecule has 1 atom stereocenters. The molecule has 4 rings (SSSR count). The number of hydrogen-bond donors (Lipinski definition) is 2. The van der Waals surface area contributed by atoms with E-state index >= 15 is 0 Å². The van der Waals surface area contributed by atoms with Gasteiger partial charge in [-0.05, 0) is 60.9 Å². The molecule has 3 aromatic carbocycles. The number of carbonyl (C=O) groups is 2. The second-order valence-corrected chi connectivity index (χ2v) is 11.0. The molecule has 1 aliphatic heterocycles. The van der Waals surface area contributed by atoms with Crippen LogP contribution in [0.1, 0.15) is 28.7 Å². The molecule has 1 aliphatic rings. The van der Waals surface area contributed by atoms with E-state index in [2.05, 4.69) is 10.6 Å². The summed E-state index contributed by atoms with van der Waals surface area (Å²) in [5, 5.41) is 5.37. The van der Waals surface area contributed by atoms with Crippen molar-refractivity contribution in [3.63, 3.8) is 0 Å². The fourth-order valence-corrected chi connectivity index (χ4v) is 6.41. The molecular weight excluding hydrogens is 543 g/mol. The third-order valence-electron chi connectivity index (χ3n) is 6.16. The minimum Gasteiger partial charge on any atom is -0.352 e. The van der Waals surface area contributed by atoms with Crippen molar-refractivity contribution < 1.29 is 31.2 Å². The van der Waals surface area contributed by atoms with Crippen molar-refractivity contribution in [2.24, 2.45) is 0 Å². The van der Waals surface area contributed by atoms with Crippen LogP contribution in [-0.4, -0.2) is 26.3 Å². The average molecular weight is 566 g/mol. The van der Waals surface area contributed by atoms with Gasteiger partial charge in [-0.25, -0.2) is 8.42 Å². The fraction of sp³-hybridized carbons (Fsp3) is 0.231. The number of sulfonamides is 1. The molecule has 0 saturated heterocycles. The van der Waals surface area contributed by atoms with Gasteiger partial charge in [0.1, 0.15) is 6.04 Å². The Balaban J connectivity index is 1.68. The number of benzene rings is 3. The summed E-state index contributed by atoms with van der Waals surface area (Å²) >= 11 is 6.15. The zero-order chi connectivity index (χ0) is 27.8. The lowest BCUT2D eigenvalue weighted by Crippen LogP contribution is -2.52. The molecule has 0 aromatic heterocycles. The fourth-order valence-electron chi connectivity index (χ4n) is 4.27. The predicted molar refractivity (Wildman–Crippen MR) is 137 cm³/mol. The van der Waals surface area contributed by atoms with Crippen LogP contribution in [0, 0.1) is 13.8 Å². The zero-order valence-corrected chi connectivity index (χ0v) is 21.8. The molecule has 0 spiro atoms. The number of amides is 2. The lowest BCUT2D eigenvalue weighted by Gasteiger charge is -2.37. The maximum absolute atomic E-state index is 14.0. The van der Waals surface area contributed by atoms with E-state index in [9.17, 15) is 31.2 Å². The summed E-state index contributed by atoms with van der Waals surface area (Å²) in [4.78, 5) is 25.9. The summed E-state index contributed by atoms with van der Waals surface area (Å²) in [7, 11) is -4.38. The predicted octanol–water partition coefficient (Wildman–Crippen LogP) is 5.20. The largest absolute Gasteiger partial charge is 0.416 e. The van der Waals surface area contributed by atoms with Gasteiger partial charge in [0.15, 0.2) is 0 Å². The molecule has 200 valence electrons. The molecule has 7 nitrogen and oxygen atoms in total. The molecule has 38 heavy (non-hydrogen) atoms. The van der Waals surface area contributed by atoms with Crippen molar-refractivity contribution in [1.29, 1.82) is 0 Å². The summed E-state index contributed by atoms with van der Waals surface area (Å²) in [5.41, 5.74) is 0.171. The number of aryl methyl sites for hydroxylation is 2. The minimum atomic E-state index is -4.62. The number of fused-ring (bicyclic) bond motifs is 1. The van der Waals surface area contributed by atoms with Crippen molar-refractivity contribution >= 4 is 44.8 Å². The van der Waals surface area contributed by atoms with E-state index in [4.69, 9.17) is 11.6 Å². The van der Waals surface area contributed by atoms with Gasteiger partial charge in [-0.2, -0.15) is 13.2 Å². The molecule has 3 aromatic rings. The Morgan fingerprint density at radius 2 is 1.71 bits per heavy atom. The molecular formula is C26H23ClF3N3O4S. The van der Waals surface area contributed by atoms with E-state index in [0.29, 0.717) is 16.1 Å². The molecule has 1 unspecified atom stereocenters. The summed E-state index contributed by atoms with van der Waals surface area (Å²) in [6.07, 6.45) is -5.24. The Kier molecular flexibility index (Phi) is 7.44. The molecule has 2 amide bonds. The zero-order valence-electron chi connectivity index (χ0n) is 20.3. The van der Waals surface area contributed by atoms with Crippen LogP contribution in [0.4, 0.5) is 24.5 Å². The number of anilines is 2. The van der Waals surface area contributed by atoms with Gasteiger partial charge >= 0.3 is 6.18 Å². The van der Waals surface area contributed by atoms with Crippen LogP contribution in [0.15, 0.2) is 65.6 Å². The van der Waals surface area contributed by atoms with Gasteiger partial charge in [0, 0.05) is 11.6 Å². The number of rotatable bonds is 6. The first kappa shape index (κ1) is 27.5. The van der Waals surface area contributed by atoms with Crippen LogP contribution in [0.5, 0.6) is 0 Å². The second kappa shape index (κ2) is 10.3. The normalized spacial score (nSPS) is 15.6. The Labute approximate surface area is 222 Å². The van der Waals surface area contributed by atoms with E-state index in [1.807, 2.05) is 0 Å². The van der Waals surface area contributed by atoms with E-state index in [1.165, 1.54) is 42.5 Å². The highest BCUT2D eigenvalue weighted by Crippen LogP contribution is 2.38. The molecule has 2 N–H and O–H groups in total. The average Bonchev–Trinajstić information content (AvgIpc) is 2.84. The number of hydrogen-bond acceptors (Lipinski definition) is 4. The van der Waals surface area contributed by atoms with Gasteiger partial charge in [-0.3, -0.25) is 13.9 Å². The van der Waals surface area contributed by atoms with Crippen LogP contribution in [-0.2, 0) is 32.3 Å². The van der Waals surface area contributed by atoms with E-state index < -0.39 is 52.6 Å². The topological polar surface area (TPSA) is 95.6 Å². The number of nitrogens with one attached hydrogen (secondary N) is 2. The highest BCUT2D eigenvalue weighted by atomic mass is 35.5. The summed E-state index contributed by atoms with van der Waals surface area (Å²) < 4.78 is 68.8. The summed E-state index contributed by atoms with van der Waals surface area (Å²) in [5.74, 6) is -1.55. The molecule has 0 radical (unpaired) electrons. The Bertz CT molecular complexity index is 1530. The van der Waals surface area contributed by atoms with Crippen LogP contribution in [0.3, 0.4) is 0 Å². The third-order valence-corrected chi connectivity index (χ3v) is 8.53. The first-order valence-corrected chi connectivity index (χ1v) is 13.3. The van der Waals surface area contributed by atoms with Crippen molar-refractivity contribution in [3.05, 3.63) is 87.9 Å². The quantitative estimate of drug-likeness (QED) is 0.429. The highest BCUT2D eigenvalue weighted by molar-refractivity contribution is 7.93. The maximum atomic E-state index is 14.0. The second-order valence-electron chi connectivity index (χ2n) is 8.83. The number of alkyl halides is 3. The van der Waals surface area contributed by atoms with Crippen LogP contribution < -0.4 is 14.9 Å². The SMILES string of the molecule is Cc1cc(S(=O)(=O)N2c3ccccc3NC(=O)C2CC(=O)NCc2ccccc2C(F)(F)F)c(C)cc1Cl. The van der Waals surface area contributed by atoms with Crippen LogP contribution >= 0.6 is 11.6 Å². The number of carbonyl (C=O) groups excluding carboxylic acids is 2. The first-order valence-electron chi connectivity index (χ1n) is 11.4. The van der Waals surface area contributed by atoms with Crippen molar-refractivity contribution in [3.8, 4) is 0 Å². The van der Waals surface area contributed by atoms with Crippen LogP contribution in [0.2, 0.25) is 5.02 Å². The standard InChI is InChI=1S/C26H23ClF3N3O4S/c1-15-12-23(16(2)11-19(15)27)38(36,37)33-21-10-6-5-9-20(21)32-25(35)22(33)13-24(34)31-14-17-7-3-4-8-18(17)26(28,29)30/h3-12,22H,13-14H2,1-2H3,(H,31,34)(H,32,35). The van der Waals surface area contributed by atoms with Gasteiger partial charge in [-0.15, -0.1) is 0 Å². The molecule has 0 saturated carbocycles. The first-order chi connectivity index (χ1) is 17.8. The molecule has 0 aliphatic carbocycles. The summed E-state index contributed by atoms with van der Waals surface area (Å²) in [6, 6.07) is 12.4. The Hall–Kier alpha value is -3.57. The summed E-state index contributed by atoms with van der Waals surface area (Å²) in [6.45, 7) is 2.75. The number of nitrogens with zero attached hydrogens (tertiary/aromatic N) is 1. The molecule has 12 heteroatoms. The van der Waals surface area contributed by atoms with E-state index in [-0.39, 0.29) is 21.8 Å². The van der Waals surface area contributed by atoms with E-state index in [0.717, 1.165) is 10.4 Å². The number of halogens is 4. The van der Waals surface area contributed by atoms with Gasteiger partial charge in [0.05, 0.1) is 28.3 Å². The molecule has 1 heterocycles. The van der Waals surface area contributed by atoms with E-state index in [1.54, 1.807) is 26.0 Å². The van der Waals surface area contributed by atoms with Gasteiger partial charge < -0.3 is 10.6 Å². The van der Waals surface area contributed by atoms with Gasteiger partial charge in [0.25, 0.3) is 10.0 Å².